The Morgan fingerprint density at radius 2 is 2.04 bits per heavy atom. The molecule has 1 fully saturated rings. The van der Waals surface area contributed by atoms with Gasteiger partial charge in [-0.1, -0.05) is 31.4 Å². The number of benzene rings is 1. The van der Waals surface area contributed by atoms with Crippen molar-refractivity contribution in [2.75, 3.05) is 31.6 Å². The molecule has 0 radical (unpaired) electrons. The molecule has 2 aliphatic rings. The van der Waals surface area contributed by atoms with Crippen LogP contribution in [-0.4, -0.2) is 44.7 Å². The average molecular weight is 472 g/mol. The Morgan fingerprint density at radius 1 is 1.27 bits per heavy atom. The lowest BCUT2D eigenvalue weighted by molar-refractivity contribution is -0.121. The SMILES string of the molecule is CN=C(NCCCN1C(=O)COc2ccccc21)NC1CCCCC1.I. The van der Waals surface area contributed by atoms with Crippen molar-refractivity contribution in [3.8, 4) is 5.75 Å². The fourth-order valence-electron chi connectivity index (χ4n) is 3.48. The van der Waals surface area contributed by atoms with Crippen LogP contribution >= 0.6 is 24.0 Å². The number of hydrogen-bond acceptors (Lipinski definition) is 3. The molecule has 3 rings (SSSR count). The van der Waals surface area contributed by atoms with Crippen LogP contribution in [0.15, 0.2) is 29.3 Å². The van der Waals surface area contributed by atoms with Crippen LogP contribution in [0, 0.1) is 0 Å². The maximum absolute atomic E-state index is 12.1. The maximum Gasteiger partial charge on any atom is 0.265 e. The number of nitrogens with one attached hydrogen (secondary N) is 2. The highest BCUT2D eigenvalue weighted by Crippen LogP contribution is 2.31. The van der Waals surface area contributed by atoms with E-state index in [-0.39, 0.29) is 36.5 Å². The van der Waals surface area contributed by atoms with Gasteiger partial charge in [0.2, 0.25) is 0 Å². The van der Waals surface area contributed by atoms with Gasteiger partial charge in [-0.15, -0.1) is 24.0 Å². The molecular formula is C19H29IN4O2. The zero-order chi connectivity index (χ0) is 17.5. The lowest BCUT2D eigenvalue weighted by atomic mass is 9.96. The van der Waals surface area contributed by atoms with E-state index in [1.165, 1.54) is 32.1 Å². The monoisotopic (exact) mass is 472 g/mol. The Labute approximate surface area is 172 Å². The van der Waals surface area contributed by atoms with E-state index in [2.05, 4.69) is 15.6 Å². The van der Waals surface area contributed by atoms with Gasteiger partial charge in [-0.25, -0.2) is 0 Å². The summed E-state index contributed by atoms with van der Waals surface area (Å²) in [6.07, 6.45) is 7.24. The lowest BCUT2D eigenvalue weighted by Gasteiger charge is -2.29. The number of rotatable bonds is 5. The van der Waals surface area contributed by atoms with Gasteiger partial charge >= 0.3 is 0 Å². The number of aliphatic imine (C=N–C) groups is 1. The first-order valence-electron chi connectivity index (χ1n) is 9.27. The molecular weight excluding hydrogens is 443 g/mol. The van der Waals surface area contributed by atoms with E-state index in [0.29, 0.717) is 12.6 Å². The summed E-state index contributed by atoms with van der Waals surface area (Å²) in [6.45, 7) is 1.57. The first-order valence-corrected chi connectivity index (χ1v) is 9.27. The summed E-state index contributed by atoms with van der Waals surface area (Å²) >= 11 is 0. The van der Waals surface area contributed by atoms with Crippen molar-refractivity contribution in [2.45, 2.75) is 44.6 Å². The number of para-hydroxylation sites is 2. The van der Waals surface area contributed by atoms with Crippen molar-refractivity contribution in [1.29, 1.82) is 0 Å². The Hall–Kier alpha value is -1.51. The van der Waals surface area contributed by atoms with E-state index >= 15 is 0 Å². The van der Waals surface area contributed by atoms with Gasteiger partial charge in [-0.3, -0.25) is 9.79 Å². The van der Waals surface area contributed by atoms with Crippen LogP contribution < -0.4 is 20.3 Å². The minimum absolute atomic E-state index is 0. The van der Waals surface area contributed by atoms with Gasteiger partial charge in [0.05, 0.1) is 5.69 Å². The molecule has 6 nitrogen and oxygen atoms in total. The molecule has 0 spiro atoms. The molecule has 0 atom stereocenters. The van der Waals surface area contributed by atoms with Crippen LogP contribution in [0.4, 0.5) is 5.69 Å². The molecule has 1 heterocycles. The van der Waals surface area contributed by atoms with Gasteiger partial charge < -0.3 is 20.3 Å². The van der Waals surface area contributed by atoms with Crippen LogP contribution in [0.1, 0.15) is 38.5 Å². The first-order chi connectivity index (χ1) is 12.3. The number of guanidine groups is 1. The first kappa shape index (κ1) is 20.8. The van der Waals surface area contributed by atoms with E-state index in [9.17, 15) is 4.79 Å². The van der Waals surface area contributed by atoms with E-state index in [4.69, 9.17) is 4.74 Å². The number of halogens is 1. The minimum Gasteiger partial charge on any atom is -0.482 e. The normalized spacial score (nSPS) is 17.8. The summed E-state index contributed by atoms with van der Waals surface area (Å²) in [4.78, 5) is 18.3. The van der Waals surface area contributed by atoms with E-state index in [0.717, 1.165) is 30.4 Å². The zero-order valence-electron chi connectivity index (χ0n) is 15.4. The molecule has 144 valence electrons. The smallest absolute Gasteiger partial charge is 0.265 e. The summed E-state index contributed by atoms with van der Waals surface area (Å²) in [5, 5.41) is 6.87. The van der Waals surface area contributed by atoms with Crippen molar-refractivity contribution in [1.82, 2.24) is 10.6 Å². The second kappa shape index (κ2) is 10.6. The van der Waals surface area contributed by atoms with Crippen molar-refractivity contribution in [3.05, 3.63) is 24.3 Å². The Balaban J connectivity index is 0.00000243. The summed E-state index contributed by atoms with van der Waals surface area (Å²) in [5.74, 6) is 1.66. The second-order valence-corrected chi connectivity index (χ2v) is 6.63. The van der Waals surface area contributed by atoms with E-state index in [1.54, 1.807) is 7.05 Å². The van der Waals surface area contributed by atoms with Gasteiger partial charge in [0.1, 0.15) is 5.75 Å². The molecule has 1 aliphatic heterocycles. The molecule has 1 aliphatic carbocycles. The van der Waals surface area contributed by atoms with Crippen molar-refractivity contribution >= 4 is 41.5 Å². The molecule has 26 heavy (non-hydrogen) atoms. The average Bonchev–Trinajstić information content (AvgIpc) is 2.66. The standard InChI is InChI=1S/C19H28N4O2.HI/c1-20-19(22-15-8-3-2-4-9-15)21-12-7-13-23-16-10-5-6-11-17(16)25-14-18(23)24;/h5-6,10-11,15H,2-4,7-9,12-14H2,1H3,(H2,20,21,22);1H. The molecule has 1 saturated carbocycles. The fourth-order valence-corrected chi connectivity index (χ4v) is 3.48. The highest BCUT2D eigenvalue weighted by molar-refractivity contribution is 14.0. The number of nitrogens with zero attached hydrogens (tertiary/aromatic N) is 2. The molecule has 0 unspecified atom stereocenters. The van der Waals surface area contributed by atoms with Crippen LogP contribution in [0.2, 0.25) is 0 Å². The summed E-state index contributed by atoms with van der Waals surface area (Å²) in [5.41, 5.74) is 0.864. The van der Waals surface area contributed by atoms with Crippen LogP contribution in [0.5, 0.6) is 5.75 Å². The quantitative estimate of drug-likeness (QED) is 0.300. The number of fused-ring (bicyclic) bond motifs is 1. The fraction of sp³-hybridized carbons (Fsp3) is 0.579. The van der Waals surface area contributed by atoms with Gasteiger partial charge in [-0.05, 0) is 31.4 Å². The third kappa shape index (κ3) is 5.49. The summed E-state index contributed by atoms with van der Waals surface area (Å²) < 4.78 is 5.48. The number of carbonyl (C=O) groups excluding carboxylic acids is 1. The van der Waals surface area contributed by atoms with Crippen molar-refractivity contribution in [3.63, 3.8) is 0 Å². The van der Waals surface area contributed by atoms with Crippen LogP contribution in [0.3, 0.4) is 0 Å². The van der Waals surface area contributed by atoms with Gasteiger partial charge in [0.25, 0.3) is 5.91 Å². The number of amides is 1. The predicted octanol–water partition coefficient (Wildman–Crippen LogP) is 2.92. The second-order valence-electron chi connectivity index (χ2n) is 6.63. The van der Waals surface area contributed by atoms with Gasteiger partial charge in [-0.2, -0.15) is 0 Å². The maximum atomic E-state index is 12.1. The topological polar surface area (TPSA) is 66.0 Å². The molecule has 1 amide bonds. The lowest BCUT2D eigenvalue weighted by Crippen LogP contribution is -2.45. The number of hydrogen-bond donors (Lipinski definition) is 2. The summed E-state index contributed by atoms with van der Waals surface area (Å²) in [7, 11) is 1.81. The summed E-state index contributed by atoms with van der Waals surface area (Å²) in [6, 6.07) is 8.23. The van der Waals surface area contributed by atoms with Crippen LogP contribution in [0.25, 0.3) is 0 Å². The largest absolute Gasteiger partial charge is 0.482 e. The molecule has 1 aromatic rings. The Bertz CT molecular complexity index is 617. The third-order valence-corrected chi connectivity index (χ3v) is 4.83. The molecule has 0 saturated heterocycles. The number of anilines is 1. The van der Waals surface area contributed by atoms with Crippen LogP contribution in [-0.2, 0) is 4.79 Å². The number of ether oxygens (including phenoxy) is 1. The third-order valence-electron chi connectivity index (χ3n) is 4.83. The molecule has 2 N–H and O–H groups in total. The molecule has 0 aromatic heterocycles. The van der Waals surface area contributed by atoms with E-state index < -0.39 is 0 Å². The highest BCUT2D eigenvalue weighted by Gasteiger charge is 2.24. The number of carbonyl (C=O) groups is 1. The Morgan fingerprint density at radius 3 is 2.81 bits per heavy atom. The highest BCUT2D eigenvalue weighted by atomic mass is 127. The molecule has 1 aromatic carbocycles. The van der Waals surface area contributed by atoms with Crippen molar-refractivity contribution < 1.29 is 9.53 Å². The minimum atomic E-state index is 0. The Kier molecular flexibility index (Phi) is 8.47. The predicted molar refractivity (Wildman–Crippen MR) is 116 cm³/mol. The molecule has 7 heteroatoms. The zero-order valence-corrected chi connectivity index (χ0v) is 17.7. The van der Waals surface area contributed by atoms with Crippen molar-refractivity contribution in [2.24, 2.45) is 4.99 Å². The molecule has 0 bridgehead atoms. The van der Waals surface area contributed by atoms with E-state index in [1.807, 2.05) is 29.2 Å². The van der Waals surface area contributed by atoms with Gasteiger partial charge in [0, 0.05) is 26.2 Å². The van der Waals surface area contributed by atoms with Gasteiger partial charge in [0.15, 0.2) is 12.6 Å².